The van der Waals surface area contributed by atoms with E-state index in [-0.39, 0.29) is 18.3 Å². The molecule has 0 radical (unpaired) electrons. The zero-order chi connectivity index (χ0) is 23.0. The van der Waals surface area contributed by atoms with Gasteiger partial charge in [-0.3, -0.25) is 25.8 Å². The third-order valence-electron chi connectivity index (χ3n) is 4.75. The molecule has 0 unspecified atom stereocenters. The molecule has 4 aromatic rings. The summed E-state index contributed by atoms with van der Waals surface area (Å²) in [5.41, 5.74) is 4.84. The normalized spacial score (nSPS) is 10.4. The maximum atomic E-state index is 12.1. The van der Waals surface area contributed by atoms with E-state index in [1.807, 2.05) is 72.8 Å². The smallest absolute Gasteiger partial charge is 0.276 e. The molecule has 4 rings (SSSR count). The number of ether oxygens (including phenoxy) is 2. The number of carbonyl (C=O) groups excluding carboxylic acids is 2. The molecule has 2 amide bonds. The summed E-state index contributed by atoms with van der Waals surface area (Å²) < 4.78 is 11.0. The molecule has 0 aliphatic carbocycles. The van der Waals surface area contributed by atoms with E-state index >= 15 is 0 Å². The second-order valence-electron chi connectivity index (χ2n) is 7.15. The van der Waals surface area contributed by atoms with Crippen LogP contribution in [0.15, 0.2) is 84.9 Å². The lowest BCUT2D eigenvalue weighted by atomic mass is 10.1. The summed E-state index contributed by atoms with van der Waals surface area (Å²) in [5, 5.41) is 6.58. The number of carbonyl (C=O) groups is 2. The van der Waals surface area contributed by atoms with E-state index < -0.39 is 11.8 Å². The van der Waals surface area contributed by atoms with Crippen LogP contribution in [0.3, 0.4) is 0 Å². The van der Waals surface area contributed by atoms with Crippen LogP contribution >= 0.6 is 12.2 Å². The summed E-state index contributed by atoms with van der Waals surface area (Å²) in [6.45, 7) is -0.438. The average Bonchev–Trinajstić information content (AvgIpc) is 2.84. The molecule has 4 aromatic carbocycles. The molecule has 0 heterocycles. The van der Waals surface area contributed by atoms with Crippen LogP contribution in [0, 0.1) is 0 Å². The fraction of sp³-hybridized carbons (Fsp3) is 0.0800. The largest absolute Gasteiger partial charge is 0.484 e. The third kappa shape index (κ3) is 6.18. The molecule has 3 N–H and O–H groups in total. The minimum Gasteiger partial charge on any atom is -0.484 e. The number of hydrazine groups is 1. The quantitative estimate of drug-likeness (QED) is 0.302. The lowest BCUT2D eigenvalue weighted by Crippen LogP contribution is -2.50. The van der Waals surface area contributed by atoms with Gasteiger partial charge in [0.25, 0.3) is 11.8 Å². The van der Waals surface area contributed by atoms with Crippen LogP contribution in [0.1, 0.15) is 0 Å². The van der Waals surface area contributed by atoms with Gasteiger partial charge in [-0.05, 0) is 58.0 Å². The second kappa shape index (κ2) is 10.4. The molecule has 0 aliphatic rings. The van der Waals surface area contributed by atoms with Gasteiger partial charge >= 0.3 is 0 Å². The SMILES string of the molecule is O=C(COc1ccc2ccccc2c1)NNC(=S)NC(=O)COc1ccc2ccccc2c1. The highest BCUT2D eigenvalue weighted by Crippen LogP contribution is 2.21. The van der Waals surface area contributed by atoms with E-state index in [0.29, 0.717) is 11.5 Å². The first-order valence-corrected chi connectivity index (χ1v) is 10.6. The molecule has 0 saturated carbocycles. The number of fused-ring (bicyclic) bond motifs is 2. The Bertz CT molecular complexity index is 1330. The minimum absolute atomic E-state index is 0.0545. The zero-order valence-electron chi connectivity index (χ0n) is 17.5. The van der Waals surface area contributed by atoms with Crippen molar-refractivity contribution in [3.8, 4) is 11.5 Å². The lowest BCUT2D eigenvalue weighted by molar-refractivity contribution is -0.124. The van der Waals surface area contributed by atoms with Crippen molar-refractivity contribution in [3.05, 3.63) is 84.9 Å². The monoisotopic (exact) mass is 459 g/mol. The highest BCUT2D eigenvalue weighted by molar-refractivity contribution is 7.80. The molecule has 0 aromatic heterocycles. The van der Waals surface area contributed by atoms with Crippen molar-refractivity contribution in [3.63, 3.8) is 0 Å². The first-order valence-electron chi connectivity index (χ1n) is 10.2. The second-order valence-corrected chi connectivity index (χ2v) is 7.55. The van der Waals surface area contributed by atoms with Gasteiger partial charge in [0.2, 0.25) is 0 Å². The molecule has 8 heteroatoms. The van der Waals surface area contributed by atoms with Crippen molar-refractivity contribution in [1.29, 1.82) is 0 Å². The van der Waals surface area contributed by atoms with E-state index in [1.54, 1.807) is 12.1 Å². The molecule has 166 valence electrons. The number of thiocarbonyl (C=S) groups is 1. The highest BCUT2D eigenvalue weighted by Gasteiger charge is 2.08. The maximum Gasteiger partial charge on any atom is 0.276 e. The molecular weight excluding hydrogens is 438 g/mol. The molecule has 7 nitrogen and oxygen atoms in total. The van der Waals surface area contributed by atoms with Crippen LogP contribution in [-0.2, 0) is 9.59 Å². The van der Waals surface area contributed by atoms with E-state index in [2.05, 4.69) is 16.2 Å². The van der Waals surface area contributed by atoms with Gasteiger partial charge in [-0.15, -0.1) is 0 Å². The fourth-order valence-electron chi connectivity index (χ4n) is 3.17. The van der Waals surface area contributed by atoms with Gasteiger partial charge in [-0.1, -0.05) is 60.7 Å². The summed E-state index contributed by atoms with van der Waals surface area (Å²) in [7, 11) is 0. The summed E-state index contributed by atoms with van der Waals surface area (Å²) >= 11 is 5.02. The van der Waals surface area contributed by atoms with Crippen LogP contribution in [0.25, 0.3) is 21.5 Å². The Morgan fingerprint density at radius 2 is 1.12 bits per heavy atom. The summed E-state index contributed by atoms with van der Waals surface area (Å²) in [4.78, 5) is 24.0. The van der Waals surface area contributed by atoms with Crippen LogP contribution in [-0.4, -0.2) is 30.1 Å². The van der Waals surface area contributed by atoms with Gasteiger partial charge in [-0.2, -0.15) is 0 Å². The van der Waals surface area contributed by atoms with Gasteiger partial charge in [0, 0.05) is 0 Å². The molecule has 0 saturated heterocycles. The number of hydrogen-bond donors (Lipinski definition) is 3. The molecule has 33 heavy (non-hydrogen) atoms. The average molecular weight is 460 g/mol. The van der Waals surface area contributed by atoms with Gasteiger partial charge in [0.1, 0.15) is 11.5 Å². The van der Waals surface area contributed by atoms with E-state index in [9.17, 15) is 9.59 Å². The predicted molar refractivity (Wildman–Crippen MR) is 131 cm³/mol. The Morgan fingerprint density at radius 1 is 0.636 bits per heavy atom. The Kier molecular flexibility index (Phi) is 6.96. The molecule has 0 bridgehead atoms. The van der Waals surface area contributed by atoms with E-state index in [0.717, 1.165) is 21.5 Å². The summed E-state index contributed by atoms with van der Waals surface area (Å²) in [6.07, 6.45) is 0. The van der Waals surface area contributed by atoms with Crippen molar-refractivity contribution in [2.45, 2.75) is 0 Å². The van der Waals surface area contributed by atoms with E-state index in [4.69, 9.17) is 21.7 Å². The topological polar surface area (TPSA) is 88.7 Å². The van der Waals surface area contributed by atoms with Crippen molar-refractivity contribution in [2.75, 3.05) is 13.2 Å². The molecule has 0 aliphatic heterocycles. The van der Waals surface area contributed by atoms with Crippen molar-refractivity contribution in [1.82, 2.24) is 16.2 Å². The summed E-state index contributed by atoms with van der Waals surface area (Å²) in [5.74, 6) is 0.238. The van der Waals surface area contributed by atoms with Crippen LogP contribution in [0.5, 0.6) is 11.5 Å². The van der Waals surface area contributed by atoms with Gasteiger partial charge < -0.3 is 9.47 Å². The number of hydrogen-bond acceptors (Lipinski definition) is 5. The Hall–Kier alpha value is -4.17. The van der Waals surface area contributed by atoms with Crippen molar-refractivity contribution in [2.24, 2.45) is 0 Å². The van der Waals surface area contributed by atoms with Gasteiger partial charge in [0.15, 0.2) is 18.3 Å². The number of amides is 2. The molecule has 0 fully saturated rings. The number of benzene rings is 4. The molecule has 0 spiro atoms. The fourth-order valence-corrected chi connectivity index (χ4v) is 3.33. The molecular formula is C25H21N3O4S. The maximum absolute atomic E-state index is 12.1. The van der Waals surface area contributed by atoms with Crippen LogP contribution in [0.2, 0.25) is 0 Å². The highest BCUT2D eigenvalue weighted by atomic mass is 32.1. The van der Waals surface area contributed by atoms with Gasteiger partial charge in [0.05, 0.1) is 0 Å². The van der Waals surface area contributed by atoms with Crippen LogP contribution < -0.4 is 25.6 Å². The van der Waals surface area contributed by atoms with Crippen LogP contribution in [0.4, 0.5) is 0 Å². The Morgan fingerprint density at radius 3 is 1.67 bits per heavy atom. The number of nitrogens with one attached hydrogen (secondary N) is 3. The summed E-state index contributed by atoms with van der Waals surface area (Å²) in [6, 6.07) is 26.9. The van der Waals surface area contributed by atoms with E-state index in [1.165, 1.54) is 0 Å². The first kappa shape index (κ1) is 22.0. The molecule has 0 atom stereocenters. The minimum atomic E-state index is -0.456. The standard InChI is InChI=1S/C25H21N3O4S/c29-23(15-31-21-11-9-17-5-1-3-7-19(17)13-21)26-25(33)28-27-24(30)16-32-22-12-10-18-6-2-4-8-20(18)14-22/h1-14H,15-16H2,(H,27,30)(H2,26,28,29,33). The Balaban J connectivity index is 1.17. The van der Waals surface area contributed by atoms with Gasteiger partial charge in [-0.25, -0.2) is 0 Å². The Labute approximate surface area is 195 Å². The number of rotatable bonds is 6. The predicted octanol–water partition coefficient (Wildman–Crippen LogP) is 3.47. The zero-order valence-corrected chi connectivity index (χ0v) is 18.4. The van der Waals surface area contributed by atoms with Crippen molar-refractivity contribution < 1.29 is 19.1 Å². The lowest BCUT2D eigenvalue weighted by Gasteiger charge is -2.12. The first-order chi connectivity index (χ1) is 16.1. The third-order valence-corrected chi connectivity index (χ3v) is 4.95. The van der Waals surface area contributed by atoms with Crippen molar-refractivity contribution >= 4 is 50.7 Å².